The molecule has 5 nitrogen and oxygen atoms in total. The van der Waals surface area contributed by atoms with Gasteiger partial charge in [0.2, 0.25) is 5.95 Å². The molecule has 0 amide bonds. The van der Waals surface area contributed by atoms with Crippen LogP contribution in [0.3, 0.4) is 0 Å². The van der Waals surface area contributed by atoms with Crippen molar-refractivity contribution >= 4 is 97.6 Å². The van der Waals surface area contributed by atoms with E-state index >= 15 is 0 Å². The molecule has 0 N–H and O–H groups in total. The van der Waals surface area contributed by atoms with E-state index in [0.29, 0.717) is 17.6 Å². The van der Waals surface area contributed by atoms with Crippen LogP contribution in [-0.2, 0) is 0 Å². The van der Waals surface area contributed by atoms with E-state index in [0.717, 1.165) is 76.4 Å². The van der Waals surface area contributed by atoms with Crippen molar-refractivity contribution in [1.29, 1.82) is 0 Å². The number of nitrogens with zero attached hydrogens (tertiary/aromatic N) is 4. The lowest BCUT2D eigenvalue weighted by Gasteiger charge is -2.14. The van der Waals surface area contributed by atoms with Gasteiger partial charge in [-0.05, 0) is 90.3 Å². The quantitative estimate of drug-likeness (QED) is 0.169. The Hall–Kier alpha value is -7.89. The first-order valence-corrected chi connectivity index (χ1v) is 19.6. The van der Waals surface area contributed by atoms with Gasteiger partial charge in [0.05, 0.1) is 11.0 Å². The minimum absolute atomic E-state index is 0.554. The molecule has 0 fully saturated rings. The van der Waals surface area contributed by atoms with Crippen molar-refractivity contribution in [2.75, 3.05) is 0 Å². The van der Waals surface area contributed by atoms with E-state index in [1.54, 1.807) is 0 Å². The first-order chi connectivity index (χ1) is 28.7. The molecule has 0 aliphatic heterocycles. The summed E-state index contributed by atoms with van der Waals surface area (Å²) in [5, 5.41) is 16.0. The number of rotatable bonds is 3. The summed E-state index contributed by atoms with van der Waals surface area (Å²) in [6.07, 6.45) is 0. The molecule has 3 heterocycles. The number of hydrogen-bond donors (Lipinski definition) is 0. The standard InChI is InChI=1S/C53H30N4O/c1-2-14-32-29-46-44(27-31(32)13-1)41-21-9-11-23-45(41)57(46)53-55-51(34-25-26-40-38-19-6-5-17-36(38)37-18-7-8-20-39(37)43(40)28-34)54-52(56-53)50-35-16-4-3-15-33(35)30-48-49(50)42-22-10-12-24-47(42)58-48/h1-30H. The van der Waals surface area contributed by atoms with Crippen molar-refractivity contribution in [3.8, 4) is 28.7 Å². The normalized spacial score (nSPS) is 12.1. The maximum absolute atomic E-state index is 6.54. The van der Waals surface area contributed by atoms with Crippen LogP contribution < -0.4 is 0 Å². The molecule has 0 bridgehead atoms. The van der Waals surface area contributed by atoms with Crippen LogP contribution in [0.1, 0.15) is 0 Å². The fourth-order valence-electron chi connectivity index (χ4n) is 9.41. The van der Waals surface area contributed by atoms with E-state index in [9.17, 15) is 0 Å². The Morgan fingerprint density at radius 1 is 0.345 bits per heavy atom. The Balaban J connectivity index is 1.18. The van der Waals surface area contributed by atoms with Gasteiger partial charge in [-0.25, -0.2) is 4.98 Å². The number of hydrogen-bond acceptors (Lipinski definition) is 4. The molecule has 268 valence electrons. The number of furan rings is 1. The second kappa shape index (κ2) is 11.8. The van der Waals surface area contributed by atoms with Crippen LogP contribution >= 0.6 is 0 Å². The van der Waals surface area contributed by atoms with E-state index in [1.165, 1.54) is 32.3 Å². The van der Waals surface area contributed by atoms with Crippen LogP contribution in [-0.4, -0.2) is 19.5 Å². The molecule has 0 unspecified atom stereocenters. The van der Waals surface area contributed by atoms with E-state index in [-0.39, 0.29) is 0 Å². The predicted molar refractivity (Wildman–Crippen MR) is 240 cm³/mol. The lowest BCUT2D eigenvalue weighted by atomic mass is 9.93. The van der Waals surface area contributed by atoms with Crippen molar-refractivity contribution < 1.29 is 4.42 Å². The summed E-state index contributed by atoms with van der Waals surface area (Å²) in [4.78, 5) is 16.4. The van der Waals surface area contributed by atoms with Gasteiger partial charge in [0.15, 0.2) is 11.6 Å². The summed E-state index contributed by atoms with van der Waals surface area (Å²) in [6, 6.07) is 64.4. The molecule has 0 atom stereocenters. The van der Waals surface area contributed by atoms with E-state index in [4.69, 9.17) is 19.4 Å². The third kappa shape index (κ3) is 4.44. The van der Waals surface area contributed by atoms with E-state index < -0.39 is 0 Å². The van der Waals surface area contributed by atoms with Crippen LogP contribution in [0.4, 0.5) is 0 Å². The van der Waals surface area contributed by atoms with Gasteiger partial charge in [-0.1, -0.05) is 146 Å². The topological polar surface area (TPSA) is 56.7 Å². The maximum atomic E-state index is 6.54. The van der Waals surface area contributed by atoms with Crippen molar-refractivity contribution in [2.45, 2.75) is 0 Å². The van der Waals surface area contributed by atoms with Gasteiger partial charge in [-0.15, -0.1) is 0 Å². The average molecular weight is 739 g/mol. The zero-order valence-corrected chi connectivity index (χ0v) is 31.0. The van der Waals surface area contributed by atoms with Crippen LogP contribution in [0.5, 0.6) is 0 Å². The molecule has 58 heavy (non-hydrogen) atoms. The third-order valence-corrected chi connectivity index (χ3v) is 12.0. The maximum Gasteiger partial charge on any atom is 0.238 e. The fraction of sp³-hybridized carbons (Fsp3) is 0. The van der Waals surface area contributed by atoms with Crippen molar-refractivity contribution in [2.24, 2.45) is 0 Å². The summed E-state index contributed by atoms with van der Waals surface area (Å²) in [5.41, 5.74) is 5.53. The summed E-state index contributed by atoms with van der Waals surface area (Å²) < 4.78 is 8.76. The van der Waals surface area contributed by atoms with Gasteiger partial charge in [0, 0.05) is 32.7 Å². The van der Waals surface area contributed by atoms with Crippen molar-refractivity contribution in [3.05, 3.63) is 182 Å². The Kier molecular flexibility index (Phi) is 6.38. The molecule has 3 aromatic heterocycles. The highest BCUT2D eigenvalue weighted by atomic mass is 16.3. The van der Waals surface area contributed by atoms with Gasteiger partial charge >= 0.3 is 0 Å². The molecule has 5 heteroatoms. The third-order valence-electron chi connectivity index (χ3n) is 12.0. The van der Waals surface area contributed by atoms with E-state index in [1.807, 2.05) is 12.1 Å². The molecular weight excluding hydrogens is 709 g/mol. The lowest BCUT2D eigenvalue weighted by Crippen LogP contribution is -2.07. The number of fused-ring (bicyclic) bond motifs is 14. The predicted octanol–water partition coefficient (Wildman–Crippen LogP) is 14.0. The lowest BCUT2D eigenvalue weighted by molar-refractivity contribution is 0.669. The SMILES string of the molecule is c1ccc2cc3c(cc2c1)c1ccccc1n3-c1nc(-c2ccc3c4ccccc4c4ccccc4c3c2)nc(-c2c3ccccc3cc3oc4ccccc4c23)n1. The highest BCUT2D eigenvalue weighted by Crippen LogP contribution is 2.43. The average Bonchev–Trinajstić information content (AvgIpc) is 3.82. The largest absolute Gasteiger partial charge is 0.456 e. The molecule has 0 radical (unpaired) electrons. The van der Waals surface area contributed by atoms with Gasteiger partial charge < -0.3 is 4.42 Å². The molecule has 13 rings (SSSR count). The number of para-hydroxylation sites is 2. The zero-order valence-electron chi connectivity index (χ0n) is 31.0. The van der Waals surface area contributed by atoms with Crippen LogP contribution in [0, 0.1) is 0 Å². The van der Waals surface area contributed by atoms with E-state index in [2.05, 4.69) is 174 Å². The van der Waals surface area contributed by atoms with Gasteiger partial charge in [0.1, 0.15) is 11.2 Å². The Bertz CT molecular complexity index is 3840. The molecule has 0 saturated carbocycles. The second-order valence-electron chi connectivity index (χ2n) is 15.1. The van der Waals surface area contributed by atoms with Crippen molar-refractivity contribution in [1.82, 2.24) is 19.5 Å². The summed E-state index contributed by atoms with van der Waals surface area (Å²) in [7, 11) is 0. The summed E-state index contributed by atoms with van der Waals surface area (Å²) in [6.45, 7) is 0. The van der Waals surface area contributed by atoms with Crippen LogP contribution in [0.2, 0.25) is 0 Å². The Labute approximate surface area is 331 Å². The highest BCUT2D eigenvalue weighted by Gasteiger charge is 2.23. The molecule has 13 aromatic rings. The van der Waals surface area contributed by atoms with Crippen LogP contribution in [0.15, 0.2) is 186 Å². The minimum Gasteiger partial charge on any atom is -0.456 e. The smallest absolute Gasteiger partial charge is 0.238 e. The van der Waals surface area contributed by atoms with Gasteiger partial charge in [-0.3, -0.25) is 4.57 Å². The van der Waals surface area contributed by atoms with Gasteiger partial charge in [-0.2, -0.15) is 9.97 Å². The second-order valence-corrected chi connectivity index (χ2v) is 15.1. The Morgan fingerprint density at radius 3 is 1.67 bits per heavy atom. The first kappa shape index (κ1) is 31.3. The van der Waals surface area contributed by atoms with Gasteiger partial charge in [0.25, 0.3) is 0 Å². The molecule has 10 aromatic carbocycles. The molecule has 0 saturated heterocycles. The molecule has 0 aliphatic carbocycles. The van der Waals surface area contributed by atoms with Crippen LogP contribution in [0.25, 0.3) is 126 Å². The first-order valence-electron chi connectivity index (χ1n) is 19.6. The zero-order chi connectivity index (χ0) is 37.9. The molecule has 0 spiro atoms. The molecular formula is C53H30N4O. The molecule has 0 aliphatic rings. The highest BCUT2D eigenvalue weighted by molar-refractivity contribution is 6.26. The minimum atomic E-state index is 0.554. The van der Waals surface area contributed by atoms with Crippen molar-refractivity contribution in [3.63, 3.8) is 0 Å². The number of aromatic nitrogens is 4. The monoisotopic (exact) mass is 738 g/mol. The Morgan fingerprint density at radius 2 is 0.914 bits per heavy atom. The summed E-state index contributed by atoms with van der Waals surface area (Å²) >= 11 is 0. The fourth-order valence-corrected chi connectivity index (χ4v) is 9.41. The number of benzene rings is 10. The summed E-state index contributed by atoms with van der Waals surface area (Å²) in [5.74, 6) is 1.74.